The minimum atomic E-state index is -3.80. The predicted molar refractivity (Wildman–Crippen MR) is 111 cm³/mol. The average molecular weight is 419 g/mol. The van der Waals surface area contributed by atoms with Crippen molar-refractivity contribution in [2.75, 3.05) is 13.4 Å². The Morgan fingerprint density at radius 2 is 1.81 bits per heavy atom. The van der Waals surface area contributed by atoms with E-state index in [0.717, 1.165) is 11.1 Å². The zero-order valence-corrected chi connectivity index (χ0v) is 17.2. The first-order valence-corrected chi connectivity index (χ1v) is 11.4. The van der Waals surface area contributed by atoms with Gasteiger partial charge in [0.05, 0.1) is 26.0 Å². The van der Waals surface area contributed by atoms with Crippen molar-refractivity contribution in [1.29, 1.82) is 5.41 Å². The van der Waals surface area contributed by atoms with Gasteiger partial charge in [0, 0.05) is 0 Å². The van der Waals surface area contributed by atoms with Crippen LogP contribution in [0.5, 0.6) is 5.75 Å². The lowest BCUT2D eigenvalue weighted by Crippen LogP contribution is -2.09. The maximum Gasteiger partial charge on any atom is 0.208 e. The van der Waals surface area contributed by atoms with E-state index in [1.807, 2.05) is 30.3 Å². The fourth-order valence-corrected chi connectivity index (χ4v) is 6.51. The van der Waals surface area contributed by atoms with Crippen molar-refractivity contribution in [1.82, 2.24) is 0 Å². The lowest BCUT2D eigenvalue weighted by atomic mass is 10.1. The van der Waals surface area contributed by atoms with Crippen molar-refractivity contribution in [3.63, 3.8) is 0 Å². The van der Waals surface area contributed by atoms with E-state index in [0.29, 0.717) is 14.8 Å². The van der Waals surface area contributed by atoms with E-state index < -0.39 is 9.84 Å². The van der Waals surface area contributed by atoms with Crippen LogP contribution in [-0.4, -0.2) is 27.6 Å². The van der Waals surface area contributed by atoms with Gasteiger partial charge in [-0.15, -0.1) is 23.1 Å². The Hall–Kier alpha value is -2.29. The lowest BCUT2D eigenvalue weighted by molar-refractivity contribution is 0.413. The maximum atomic E-state index is 13.3. The predicted octanol–water partition coefficient (Wildman–Crippen LogP) is 4.26. The van der Waals surface area contributed by atoms with Gasteiger partial charge in [-0.05, 0) is 41.6 Å². The molecule has 0 atom stereocenters. The number of amidine groups is 1. The first-order chi connectivity index (χ1) is 12.9. The molecule has 0 aliphatic heterocycles. The largest absolute Gasteiger partial charge is 0.497 e. The van der Waals surface area contributed by atoms with Gasteiger partial charge in [0.2, 0.25) is 9.84 Å². The van der Waals surface area contributed by atoms with Crippen molar-refractivity contribution in [2.24, 2.45) is 5.73 Å². The Morgan fingerprint density at radius 1 is 1.11 bits per heavy atom. The molecule has 0 fully saturated rings. The summed E-state index contributed by atoms with van der Waals surface area (Å²) in [5.41, 5.74) is 7.20. The van der Waals surface area contributed by atoms with Crippen molar-refractivity contribution >= 4 is 38.8 Å². The van der Waals surface area contributed by atoms with E-state index >= 15 is 0 Å². The minimum absolute atomic E-state index is 0.143. The van der Waals surface area contributed by atoms with Gasteiger partial charge in [-0.2, -0.15) is 0 Å². The van der Waals surface area contributed by atoms with E-state index in [1.54, 1.807) is 18.4 Å². The molecule has 0 saturated carbocycles. The number of thioether (sulfide) groups is 1. The number of sulfone groups is 1. The fourth-order valence-electron chi connectivity index (χ4n) is 2.59. The number of nitrogens with two attached hydrogens (primary N) is 1. The second kappa shape index (κ2) is 7.75. The molecule has 3 aromatic rings. The highest BCUT2D eigenvalue weighted by atomic mass is 32.2. The van der Waals surface area contributed by atoms with Crippen molar-refractivity contribution in [2.45, 2.75) is 14.0 Å². The SMILES string of the molecule is COc1cc(-c2ccccc2)cc(S(=O)(=O)c2cc(C(=N)N)sc2SC)c1. The Labute approximate surface area is 166 Å². The van der Waals surface area contributed by atoms with Crippen LogP contribution in [0.4, 0.5) is 0 Å². The first-order valence-electron chi connectivity index (χ1n) is 7.88. The summed E-state index contributed by atoms with van der Waals surface area (Å²) < 4.78 is 32.6. The Morgan fingerprint density at radius 3 is 2.41 bits per heavy atom. The Kier molecular flexibility index (Phi) is 5.59. The number of benzene rings is 2. The van der Waals surface area contributed by atoms with Crippen molar-refractivity contribution < 1.29 is 13.2 Å². The molecule has 0 spiro atoms. The molecule has 0 unspecified atom stereocenters. The number of methoxy groups -OCH3 is 1. The second-order valence-corrected chi connectivity index (χ2v) is 9.69. The van der Waals surface area contributed by atoms with E-state index in [4.69, 9.17) is 15.9 Å². The third-order valence-electron chi connectivity index (χ3n) is 3.94. The molecule has 0 radical (unpaired) electrons. The van der Waals surface area contributed by atoms with Gasteiger partial charge in [-0.3, -0.25) is 5.41 Å². The molecule has 1 heterocycles. The molecule has 0 bridgehead atoms. The van der Waals surface area contributed by atoms with Crippen LogP contribution in [0.3, 0.4) is 0 Å². The summed E-state index contributed by atoms with van der Waals surface area (Å²) >= 11 is 2.52. The summed E-state index contributed by atoms with van der Waals surface area (Å²) in [7, 11) is -2.29. The van der Waals surface area contributed by atoms with Crippen LogP contribution in [0, 0.1) is 5.41 Å². The van der Waals surface area contributed by atoms with Crippen molar-refractivity contribution in [3.8, 4) is 16.9 Å². The summed E-state index contributed by atoms with van der Waals surface area (Å²) in [5, 5.41) is 7.60. The monoisotopic (exact) mass is 418 g/mol. The first kappa shape index (κ1) is 19.5. The third kappa shape index (κ3) is 3.87. The molecule has 0 amide bonds. The number of hydrogen-bond donors (Lipinski definition) is 2. The fraction of sp³-hybridized carbons (Fsp3) is 0.105. The van der Waals surface area contributed by atoms with Gasteiger partial charge in [-0.25, -0.2) is 8.42 Å². The number of nitrogens with one attached hydrogen (secondary N) is 1. The van der Waals surface area contributed by atoms with Crippen LogP contribution in [0.1, 0.15) is 4.88 Å². The standard InChI is InChI=1S/C19H18N2O3S3/c1-24-14-8-13(12-6-4-3-5-7-12)9-15(10-14)27(22,23)17-11-16(18(20)21)26-19(17)25-2/h3-11H,1-2H3,(H3,20,21). The molecule has 0 aliphatic carbocycles. The molecule has 0 aliphatic rings. The Balaban J connectivity index is 2.19. The number of rotatable bonds is 6. The molecule has 0 saturated heterocycles. The summed E-state index contributed by atoms with van der Waals surface area (Å²) in [4.78, 5) is 0.741. The van der Waals surface area contributed by atoms with E-state index in [-0.39, 0.29) is 15.6 Å². The van der Waals surface area contributed by atoms with E-state index in [9.17, 15) is 8.42 Å². The number of thiophene rings is 1. The molecule has 3 N–H and O–H groups in total. The highest BCUT2D eigenvalue weighted by molar-refractivity contribution is 8.01. The van der Waals surface area contributed by atoms with E-state index in [2.05, 4.69) is 0 Å². The van der Waals surface area contributed by atoms with Crippen LogP contribution in [0.2, 0.25) is 0 Å². The summed E-state index contributed by atoms with van der Waals surface area (Å²) in [6, 6.07) is 15.9. The van der Waals surface area contributed by atoms with Gasteiger partial charge in [0.25, 0.3) is 0 Å². The van der Waals surface area contributed by atoms with Gasteiger partial charge in [-0.1, -0.05) is 30.3 Å². The Bertz CT molecular complexity index is 1090. The quantitative estimate of drug-likeness (QED) is 0.354. The molecule has 140 valence electrons. The van der Waals surface area contributed by atoms with Gasteiger partial charge in [0.15, 0.2) is 0 Å². The molecule has 5 nitrogen and oxygen atoms in total. The van der Waals surface area contributed by atoms with Crippen LogP contribution in [-0.2, 0) is 9.84 Å². The number of nitrogen functional groups attached to an aromatic ring is 1. The normalized spacial score (nSPS) is 11.3. The molecule has 3 rings (SSSR count). The average Bonchev–Trinajstić information content (AvgIpc) is 3.14. The van der Waals surface area contributed by atoms with E-state index in [1.165, 1.54) is 42.3 Å². The van der Waals surface area contributed by atoms with Gasteiger partial charge < -0.3 is 10.5 Å². The molecular formula is C19H18N2O3S3. The summed E-state index contributed by atoms with van der Waals surface area (Å²) in [6.07, 6.45) is 1.80. The minimum Gasteiger partial charge on any atom is -0.497 e. The van der Waals surface area contributed by atoms with Crippen molar-refractivity contribution in [3.05, 3.63) is 59.5 Å². The smallest absolute Gasteiger partial charge is 0.208 e. The van der Waals surface area contributed by atoms with Gasteiger partial charge >= 0.3 is 0 Å². The number of ether oxygens (including phenoxy) is 1. The highest BCUT2D eigenvalue weighted by Gasteiger charge is 2.26. The highest BCUT2D eigenvalue weighted by Crippen LogP contribution is 2.38. The molecule has 1 aromatic heterocycles. The van der Waals surface area contributed by atoms with Crippen LogP contribution in [0.15, 0.2) is 68.6 Å². The zero-order chi connectivity index (χ0) is 19.6. The molecule has 8 heteroatoms. The summed E-state index contributed by atoms with van der Waals surface area (Å²) in [5.74, 6) is 0.315. The second-order valence-electron chi connectivity index (χ2n) is 5.65. The lowest BCUT2D eigenvalue weighted by Gasteiger charge is -2.10. The van der Waals surface area contributed by atoms with Gasteiger partial charge in [0.1, 0.15) is 11.6 Å². The number of hydrogen-bond acceptors (Lipinski definition) is 6. The third-order valence-corrected chi connectivity index (χ3v) is 8.26. The summed E-state index contributed by atoms with van der Waals surface area (Å²) in [6.45, 7) is 0. The van der Waals surface area contributed by atoms with Crippen LogP contribution >= 0.6 is 23.1 Å². The topological polar surface area (TPSA) is 93.2 Å². The van der Waals surface area contributed by atoms with Crippen LogP contribution < -0.4 is 10.5 Å². The zero-order valence-electron chi connectivity index (χ0n) is 14.7. The molecule has 27 heavy (non-hydrogen) atoms. The molecular weight excluding hydrogens is 400 g/mol. The molecule has 2 aromatic carbocycles. The van der Waals surface area contributed by atoms with Crippen LogP contribution in [0.25, 0.3) is 11.1 Å². The maximum absolute atomic E-state index is 13.3.